The number of nitrogens with one attached hydrogen (secondary N) is 1. The third-order valence-corrected chi connectivity index (χ3v) is 4.17. The van der Waals surface area contributed by atoms with Crippen LogP contribution in [0.3, 0.4) is 0 Å². The van der Waals surface area contributed by atoms with Gasteiger partial charge in [0, 0.05) is 6.04 Å². The van der Waals surface area contributed by atoms with E-state index in [4.69, 9.17) is 0 Å². The summed E-state index contributed by atoms with van der Waals surface area (Å²) in [7, 11) is 0. The van der Waals surface area contributed by atoms with Crippen LogP contribution in [0.15, 0.2) is 0 Å². The molecule has 0 heterocycles. The van der Waals surface area contributed by atoms with Crippen molar-refractivity contribution in [1.82, 2.24) is 5.32 Å². The molecule has 0 saturated heterocycles. The minimum Gasteiger partial charge on any atom is -0.481 e. The van der Waals surface area contributed by atoms with Crippen LogP contribution in [0.1, 0.15) is 65.2 Å². The lowest BCUT2D eigenvalue weighted by molar-refractivity contribution is -0.144. The van der Waals surface area contributed by atoms with E-state index in [9.17, 15) is 9.90 Å². The number of rotatable bonds is 8. The maximum absolute atomic E-state index is 11.2. The zero-order chi connectivity index (χ0) is 13.4. The molecular formula is C15H29NO2. The van der Waals surface area contributed by atoms with Gasteiger partial charge in [-0.3, -0.25) is 4.79 Å². The second-order valence-corrected chi connectivity index (χ2v) is 5.67. The SMILES string of the molecule is CCCC(CCC)NCC1CCCCC1C(=O)O. The van der Waals surface area contributed by atoms with Crippen molar-refractivity contribution in [3.63, 3.8) is 0 Å². The summed E-state index contributed by atoms with van der Waals surface area (Å²) in [5.74, 6) is -0.369. The van der Waals surface area contributed by atoms with Crippen molar-refractivity contribution in [1.29, 1.82) is 0 Å². The molecule has 1 fully saturated rings. The number of carboxylic acid groups (broad SMARTS) is 1. The molecule has 0 amide bonds. The molecule has 1 saturated carbocycles. The average Bonchev–Trinajstić information content (AvgIpc) is 2.36. The van der Waals surface area contributed by atoms with Gasteiger partial charge in [0.25, 0.3) is 0 Å². The minimum absolute atomic E-state index is 0.116. The molecule has 0 aliphatic heterocycles. The lowest BCUT2D eigenvalue weighted by atomic mass is 9.79. The van der Waals surface area contributed by atoms with E-state index in [0.717, 1.165) is 25.8 Å². The first-order valence-electron chi connectivity index (χ1n) is 7.65. The largest absolute Gasteiger partial charge is 0.481 e. The molecule has 1 aliphatic rings. The van der Waals surface area contributed by atoms with Gasteiger partial charge in [0.05, 0.1) is 5.92 Å². The molecule has 3 nitrogen and oxygen atoms in total. The molecule has 0 spiro atoms. The Morgan fingerprint density at radius 3 is 2.39 bits per heavy atom. The van der Waals surface area contributed by atoms with Crippen LogP contribution in [0.25, 0.3) is 0 Å². The van der Waals surface area contributed by atoms with Crippen LogP contribution in [-0.2, 0) is 4.79 Å². The van der Waals surface area contributed by atoms with Crippen molar-refractivity contribution < 1.29 is 9.90 Å². The van der Waals surface area contributed by atoms with Gasteiger partial charge in [-0.1, -0.05) is 39.5 Å². The van der Waals surface area contributed by atoms with E-state index in [1.165, 1.54) is 32.1 Å². The van der Waals surface area contributed by atoms with Crippen molar-refractivity contribution in [2.75, 3.05) is 6.54 Å². The first kappa shape index (κ1) is 15.5. The summed E-state index contributed by atoms with van der Waals surface area (Å²) in [5.41, 5.74) is 0. The Hall–Kier alpha value is -0.570. The maximum atomic E-state index is 11.2. The number of hydrogen-bond acceptors (Lipinski definition) is 2. The highest BCUT2D eigenvalue weighted by atomic mass is 16.4. The fourth-order valence-corrected chi connectivity index (χ4v) is 3.14. The molecule has 2 atom stereocenters. The van der Waals surface area contributed by atoms with Crippen molar-refractivity contribution in [2.45, 2.75) is 71.3 Å². The van der Waals surface area contributed by atoms with E-state index in [0.29, 0.717) is 12.0 Å². The third-order valence-electron chi connectivity index (χ3n) is 4.17. The fourth-order valence-electron chi connectivity index (χ4n) is 3.14. The van der Waals surface area contributed by atoms with E-state index in [-0.39, 0.29) is 5.92 Å². The molecule has 0 bridgehead atoms. The lowest BCUT2D eigenvalue weighted by Crippen LogP contribution is -2.39. The van der Waals surface area contributed by atoms with Crippen LogP contribution >= 0.6 is 0 Å². The topological polar surface area (TPSA) is 49.3 Å². The second kappa shape index (κ2) is 8.52. The number of carboxylic acids is 1. The molecule has 0 aromatic heterocycles. The Morgan fingerprint density at radius 1 is 1.22 bits per heavy atom. The molecule has 0 radical (unpaired) electrons. The minimum atomic E-state index is -0.593. The normalized spacial score (nSPS) is 24.4. The molecule has 2 N–H and O–H groups in total. The van der Waals surface area contributed by atoms with Crippen LogP contribution in [0, 0.1) is 11.8 Å². The van der Waals surface area contributed by atoms with Gasteiger partial charge in [0.1, 0.15) is 0 Å². The summed E-state index contributed by atoms with van der Waals surface area (Å²) in [5, 5.41) is 12.9. The highest BCUT2D eigenvalue weighted by molar-refractivity contribution is 5.70. The molecule has 3 heteroatoms. The van der Waals surface area contributed by atoms with Gasteiger partial charge in [-0.25, -0.2) is 0 Å². The smallest absolute Gasteiger partial charge is 0.306 e. The fraction of sp³-hybridized carbons (Fsp3) is 0.933. The van der Waals surface area contributed by atoms with E-state index in [1.54, 1.807) is 0 Å². The molecule has 1 aliphatic carbocycles. The van der Waals surface area contributed by atoms with Gasteiger partial charge in [-0.05, 0) is 38.1 Å². The molecule has 0 aromatic carbocycles. The zero-order valence-electron chi connectivity index (χ0n) is 12.0. The first-order chi connectivity index (χ1) is 8.69. The Balaban J connectivity index is 2.40. The van der Waals surface area contributed by atoms with Gasteiger partial charge < -0.3 is 10.4 Å². The van der Waals surface area contributed by atoms with Crippen LogP contribution in [0.4, 0.5) is 0 Å². The van der Waals surface area contributed by atoms with Gasteiger partial charge in [0.2, 0.25) is 0 Å². The van der Waals surface area contributed by atoms with Gasteiger partial charge in [-0.15, -0.1) is 0 Å². The lowest BCUT2D eigenvalue weighted by Gasteiger charge is -2.30. The summed E-state index contributed by atoms with van der Waals surface area (Å²) < 4.78 is 0. The third kappa shape index (κ3) is 4.97. The van der Waals surface area contributed by atoms with Crippen LogP contribution in [0.2, 0.25) is 0 Å². The van der Waals surface area contributed by atoms with Crippen molar-refractivity contribution >= 4 is 5.97 Å². The summed E-state index contributed by atoms with van der Waals surface area (Å²) >= 11 is 0. The van der Waals surface area contributed by atoms with Crippen molar-refractivity contribution in [3.8, 4) is 0 Å². The van der Waals surface area contributed by atoms with E-state index in [2.05, 4.69) is 19.2 Å². The summed E-state index contributed by atoms with van der Waals surface area (Å²) in [6.45, 7) is 5.32. The highest BCUT2D eigenvalue weighted by Crippen LogP contribution is 2.30. The summed E-state index contributed by atoms with van der Waals surface area (Å²) in [6, 6.07) is 0.580. The summed E-state index contributed by atoms with van der Waals surface area (Å²) in [6.07, 6.45) is 9.04. The van der Waals surface area contributed by atoms with Crippen LogP contribution < -0.4 is 5.32 Å². The van der Waals surface area contributed by atoms with Crippen molar-refractivity contribution in [2.24, 2.45) is 11.8 Å². The monoisotopic (exact) mass is 255 g/mol. The molecule has 2 unspecified atom stereocenters. The molecule has 18 heavy (non-hydrogen) atoms. The molecule has 0 aromatic rings. The summed E-state index contributed by atoms with van der Waals surface area (Å²) in [4.78, 5) is 11.2. The Labute approximate surface area is 111 Å². The first-order valence-corrected chi connectivity index (χ1v) is 7.65. The van der Waals surface area contributed by atoms with E-state index < -0.39 is 5.97 Å². The predicted molar refractivity (Wildman–Crippen MR) is 74.7 cm³/mol. The van der Waals surface area contributed by atoms with Crippen LogP contribution in [0.5, 0.6) is 0 Å². The standard InChI is InChI=1S/C15H29NO2/c1-3-7-13(8-4-2)16-11-12-9-5-6-10-14(12)15(17)18/h12-14,16H,3-11H2,1-2H3,(H,17,18). The quantitative estimate of drug-likeness (QED) is 0.698. The number of carbonyl (C=O) groups is 1. The predicted octanol–water partition coefficient (Wildman–Crippen LogP) is 3.44. The average molecular weight is 255 g/mol. The van der Waals surface area contributed by atoms with Gasteiger partial charge >= 0.3 is 5.97 Å². The number of aliphatic carboxylic acids is 1. The Kier molecular flexibility index (Phi) is 7.33. The molecule has 1 rings (SSSR count). The van der Waals surface area contributed by atoms with E-state index >= 15 is 0 Å². The van der Waals surface area contributed by atoms with Crippen LogP contribution in [-0.4, -0.2) is 23.7 Å². The molecular weight excluding hydrogens is 226 g/mol. The van der Waals surface area contributed by atoms with Gasteiger partial charge in [-0.2, -0.15) is 0 Å². The van der Waals surface area contributed by atoms with Gasteiger partial charge in [0.15, 0.2) is 0 Å². The van der Waals surface area contributed by atoms with E-state index in [1.807, 2.05) is 0 Å². The highest BCUT2D eigenvalue weighted by Gasteiger charge is 2.30. The zero-order valence-corrected chi connectivity index (χ0v) is 12.0. The Bertz CT molecular complexity index is 237. The maximum Gasteiger partial charge on any atom is 0.306 e. The molecule has 106 valence electrons. The number of hydrogen-bond donors (Lipinski definition) is 2. The second-order valence-electron chi connectivity index (χ2n) is 5.67. The Morgan fingerprint density at radius 2 is 1.83 bits per heavy atom. The van der Waals surface area contributed by atoms with Crippen molar-refractivity contribution in [3.05, 3.63) is 0 Å².